The molecule has 0 saturated heterocycles. The SMILES string of the molecule is CCOC(=O)C(Cc1ccc(NC(=O)c2ccccc2)cc1)N1C(=O)c2ccccc2C1=O. The molecule has 33 heavy (non-hydrogen) atoms. The Balaban J connectivity index is 1.53. The molecule has 0 fully saturated rings. The molecule has 1 aliphatic heterocycles. The summed E-state index contributed by atoms with van der Waals surface area (Å²) in [5.74, 6) is -1.91. The number of hydrogen-bond acceptors (Lipinski definition) is 5. The third kappa shape index (κ3) is 4.52. The van der Waals surface area contributed by atoms with Gasteiger partial charge < -0.3 is 10.1 Å². The van der Waals surface area contributed by atoms with Gasteiger partial charge in [0.25, 0.3) is 17.7 Å². The lowest BCUT2D eigenvalue weighted by Gasteiger charge is -2.24. The van der Waals surface area contributed by atoms with E-state index in [1.165, 1.54) is 0 Å². The summed E-state index contributed by atoms with van der Waals surface area (Å²) in [4.78, 5) is 51.9. The number of carbonyl (C=O) groups excluding carboxylic acids is 4. The molecule has 3 aromatic carbocycles. The van der Waals surface area contributed by atoms with Crippen molar-refractivity contribution in [2.24, 2.45) is 0 Å². The van der Waals surface area contributed by atoms with E-state index < -0.39 is 23.8 Å². The second-order valence-electron chi connectivity index (χ2n) is 7.51. The van der Waals surface area contributed by atoms with Crippen molar-refractivity contribution in [3.05, 3.63) is 101 Å². The smallest absolute Gasteiger partial charge is 0.329 e. The van der Waals surface area contributed by atoms with E-state index in [0.717, 1.165) is 4.90 Å². The normalized spacial score (nSPS) is 13.4. The highest BCUT2D eigenvalue weighted by Crippen LogP contribution is 2.27. The van der Waals surface area contributed by atoms with Gasteiger partial charge in [0, 0.05) is 17.7 Å². The molecule has 1 heterocycles. The van der Waals surface area contributed by atoms with E-state index in [1.807, 2.05) is 6.07 Å². The first-order valence-electron chi connectivity index (χ1n) is 10.6. The Labute approximate surface area is 191 Å². The quantitative estimate of drug-likeness (QED) is 0.445. The van der Waals surface area contributed by atoms with Crippen LogP contribution >= 0.6 is 0 Å². The fourth-order valence-corrected chi connectivity index (χ4v) is 3.75. The molecule has 0 aromatic heterocycles. The van der Waals surface area contributed by atoms with Crippen LogP contribution in [-0.2, 0) is 16.0 Å². The van der Waals surface area contributed by atoms with E-state index in [2.05, 4.69) is 5.32 Å². The van der Waals surface area contributed by atoms with Crippen LogP contribution < -0.4 is 5.32 Å². The van der Waals surface area contributed by atoms with Crippen LogP contribution in [0.2, 0.25) is 0 Å². The number of rotatable bonds is 7. The fraction of sp³-hybridized carbons (Fsp3) is 0.154. The van der Waals surface area contributed by atoms with Gasteiger partial charge in [-0.15, -0.1) is 0 Å². The van der Waals surface area contributed by atoms with Crippen LogP contribution in [-0.4, -0.2) is 41.2 Å². The van der Waals surface area contributed by atoms with E-state index in [0.29, 0.717) is 16.8 Å². The second-order valence-corrected chi connectivity index (χ2v) is 7.51. The summed E-state index contributed by atoms with van der Waals surface area (Å²) in [5.41, 5.74) is 2.38. The Kier molecular flexibility index (Phi) is 6.31. The Morgan fingerprint density at radius 1 is 0.848 bits per heavy atom. The van der Waals surface area contributed by atoms with Crippen LogP contribution in [0.3, 0.4) is 0 Å². The lowest BCUT2D eigenvalue weighted by Crippen LogP contribution is -2.47. The summed E-state index contributed by atoms with van der Waals surface area (Å²) >= 11 is 0. The number of imide groups is 1. The predicted molar refractivity (Wildman–Crippen MR) is 122 cm³/mol. The molecule has 0 bridgehead atoms. The molecule has 166 valence electrons. The third-order valence-corrected chi connectivity index (χ3v) is 5.37. The predicted octanol–water partition coefficient (Wildman–Crippen LogP) is 3.71. The van der Waals surface area contributed by atoms with Crippen molar-refractivity contribution in [1.29, 1.82) is 0 Å². The van der Waals surface area contributed by atoms with Crippen molar-refractivity contribution in [1.82, 2.24) is 4.90 Å². The van der Waals surface area contributed by atoms with E-state index in [4.69, 9.17) is 4.74 Å². The van der Waals surface area contributed by atoms with Gasteiger partial charge in [-0.25, -0.2) is 4.79 Å². The Bertz CT molecular complexity index is 1170. The molecule has 0 spiro atoms. The maximum atomic E-state index is 12.9. The molecule has 1 N–H and O–H groups in total. The minimum atomic E-state index is -1.10. The maximum Gasteiger partial charge on any atom is 0.329 e. The zero-order chi connectivity index (χ0) is 23.4. The van der Waals surface area contributed by atoms with Crippen molar-refractivity contribution in [2.75, 3.05) is 11.9 Å². The van der Waals surface area contributed by atoms with Crippen LogP contribution in [0.25, 0.3) is 0 Å². The van der Waals surface area contributed by atoms with Gasteiger partial charge in [-0.05, 0) is 48.9 Å². The number of nitrogens with one attached hydrogen (secondary N) is 1. The molecule has 0 saturated carbocycles. The zero-order valence-electron chi connectivity index (χ0n) is 18.0. The Morgan fingerprint density at radius 2 is 1.42 bits per heavy atom. The van der Waals surface area contributed by atoms with Crippen molar-refractivity contribution >= 4 is 29.4 Å². The van der Waals surface area contributed by atoms with E-state index in [-0.39, 0.29) is 30.1 Å². The molecule has 3 aromatic rings. The molecule has 3 amide bonds. The number of fused-ring (bicyclic) bond motifs is 1. The monoisotopic (exact) mass is 442 g/mol. The Hall–Kier alpha value is -4.26. The fourth-order valence-electron chi connectivity index (χ4n) is 3.75. The number of esters is 1. The van der Waals surface area contributed by atoms with Gasteiger partial charge in [-0.1, -0.05) is 42.5 Å². The molecule has 1 unspecified atom stereocenters. The molecule has 4 rings (SSSR count). The summed E-state index contributed by atoms with van der Waals surface area (Å²) in [6.45, 7) is 1.80. The number of anilines is 1. The summed E-state index contributed by atoms with van der Waals surface area (Å²) in [5, 5.41) is 2.81. The molecule has 7 nitrogen and oxygen atoms in total. The summed E-state index contributed by atoms with van der Waals surface area (Å²) in [7, 11) is 0. The van der Waals surface area contributed by atoms with Crippen molar-refractivity contribution in [2.45, 2.75) is 19.4 Å². The van der Waals surface area contributed by atoms with Gasteiger partial charge in [0.15, 0.2) is 0 Å². The average Bonchev–Trinajstić information content (AvgIpc) is 3.09. The van der Waals surface area contributed by atoms with E-state index >= 15 is 0 Å². The van der Waals surface area contributed by atoms with E-state index in [9.17, 15) is 19.2 Å². The maximum absolute atomic E-state index is 12.9. The Morgan fingerprint density at radius 3 is 2.00 bits per heavy atom. The lowest BCUT2D eigenvalue weighted by atomic mass is 10.0. The van der Waals surface area contributed by atoms with Gasteiger partial charge >= 0.3 is 5.97 Å². The summed E-state index contributed by atoms with van der Waals surface area (Å²) in [6.07, 6.45) is 0.0945. The average molecular weight is 442 g/mol. The topological polar surface area (TPSA) is 92.8 Å². The lowest BCUT2D eigenvalue weighted by molar-refractivity contribution is -0.147. The number of benzene rings is 3. The second kappa shape index (κ2) is 9.48. The van der Waals surface area contributed by atoms with Gasteiger partial charge in [-0.3, -0.25) is 19.3 Å². The zero-order valence-corrected chi connectivity index (χ0v) is 18.0. The first-order chi connectivity index (χ1) is 16.0. The van der Waals surface area contributed by atoms with Gasteiger partial charge in [0.05, 0.1) is 17.7 Å². The van der Waals surface area contributed by atoms with Crippen molar-refractivity contribution in [3.8, 4) is 0 Å². The highest BCUT2D eigenvalue weighted by Gasteiger charge is 2.43. The van der Waals surface area contributed by atoms with Crippen LogP contribution in [0.1, 0.15) is 43.6 Å². The van der Waals surface area contributed by atoms with Crippen LogP contribution in [0.5, 0.6) is 0 Å². The summed E-state index contributed by atoms with van der Waals surface area (Å²) < 4.78 is 5.17. The van der Waals surface area contributed by atoms with Crippen LogP contribution in [0.15, 0.2) is 78.9 Å². The van der Waals surface area contributed by atoms with Gasteiger partial charge in [-0.2, -0.15) is 0 Å². The molecule has 0 radical (unpaired) electrons. The molecular weight excluding hydrogens is 420 g/mol. The minimum Gasteiger partial charge on any atom is -0.464 e. The first-order valence-corrected chi connectivity index (χ1v) is 10.6. The van der Waals surface area contributed by atoms with Crippen LogP contribution in [0, 0.1) is 0 Å². The number of hydrogen-bond donors (Lipinski definition) is 1. The number of ether oxygens (including phenoxy) is 1. The minimum absolute atomic E-state index is 0.0945. The van der Waals surface area contributed by atoms with Crippen LogP contribution in [0.4, 0.5) is 5.69 Å². The highest BCUT2D eigenvalue weighted by atomic mass is 16.5. The summed E-state index contributed by atoms with van der Waals surface area (Å²) in [6, 6.07) is 21.1. The molecule has 1 atom stereocenters. The van der Waals surface area contributed by atoms with Gasteiger partial charge in [0.2, 0.25) is 0 Å². The highest BCUT2D eigenvalue weighted by molar-refractivity contribution is 6.22. The first kappa shape index (κ1) is 22.0. The number of amides is 3. The molecular formula is C26H22N2O5. The van der Waals surface area contributed by atoms with Crippen molar-refractivity contribution in [3.63, 3.8) is 0 Å². The molecule has 0 aliphatic carbocycles. The van der Waals surface area contributed by atoms with E-state index in [1.54, 1.807) is 79.7 Å². The molecule has 1 aliphatic rings. The van der Waals surface area contributed by atoms with Gasteiger partial charge in [0.1, 0.15) is 6.04 Å². The number of carbonyl (C=O) groups is 4. The molecule has 7 heteroatoms. The largest absolute Gasteiger partial charge is 0.464 e. The third-order valence-electron chi connectivity index (χ3n) is 5.37. The number of nitrogens with zero attached hydrogens (tertiary/aromatic N) is 1. The van der Waals surface area contributed by atoms with Crippen molar-refractivity contribution < 1.29 is 23.9 Å². The standard InChI is InChI=1S/C26H22N2O5/c1-2-33-26(32)22(28-24(30)20-10-6-7-11-21(20)25(28)31)16-17-12-14-19(15-13-17)27-23(29)18-8-4-3-5-9-18/h3-15,22H,2,16H2,1H3,(H,27,29).